The van der Waals surface area contributed by atoms with Crippen LogP contribution in [0.2, 0.25) is 10.0 Å². The lowest BCUT2D eigenvalue weighted by Gasteiger charge is -2.53. The summed E-state index contributed by atoms with van der Waals surface area (Å²) < 4.78 is 14.7. The molecule has 3 heterocycles. The molecule has 0 radical (unpaired) electrons. The van der Waals surface area contributed by atoms with E-state index in [1.54, 1.807) is 6.07 Å². The van der Waals surface area contributed by atoms with Crippen LogP contribution in [0.5, 0.6) is 0 Å². The van der Waals surface area contributed by atoms with Crippen molar-refractivity contribution in [2.24, 2.45) is 10.1 Å². The van der Waals surface area contributed by atoms with E-state index in [2.05, 4.69) is 17.0 Å². The van der Waals surface area contributed by atoms with E-state index in [0.29, 0.717) is 16.5 Å². The van der Waals surface area contributed by atoms with Gasteiger partial charge in [0.15, 0.2) is 0 Å². The van der Waals surface area contributed by atoms with Gasteiger partial charge in [-0.2, -0.15) is 5.10 Å². The lowest BCUT2D eigenvalue weighted by atomic mass is 9.59. The van der Waals surface area contributed by atoms with Gasteiger partial charge in [-0.3, -0.25) is 10.0 Å². The van der Waals surface area contributed by atoms with Crippen LogP contribution in [0.4, 0.5) is 10.1 Å². The van der Waals surface area contributed by atoms with E-state index < -0.39 is 5.41 Å². The van der Waals surface area contributed by atoms with Crippen molar-refractivity contribution in [2.75, 3.05) is 7.05 Å². The maximum atomic E-state index is 14.7. The molecule has 0 unspecified atom stereocenters. The Labute approximate surface area is 214 Å². The number of aryl methyl sites for hydroxylation is 1. The average Bonchev–Trinajstić information content (AvgIpc) is 3.19. The van der Waals surface area contributed by atoms with Crippen LogP contribution in [0.15, 0.2) is 83.2 Å². The van der Waals surface area contributed by atoms with Crippen molar-refractivity contribution < 1.29 is 4.39 Å². The van der Waals surface area contributed by atoms with Gasteiger partial charge in [0.1, 0.15) is 11.7 Å². The topological polar surface area (TPSA) is 31.2 Å². The Morgan fingerprint density at radius 2 is 1.83 bits per heavy atom. The first-order chi connectivity index (χ1) is 16.9. The van der Waals surface area contributed by atoms with Crippen molar-refractivity contribution in [3.05, 3.63) is 111 Å². The monoisotopic (exact) mass is 504 g/mol. The van der Waals surface area contributed by atoms with Crippen LogP contribution in [-0.2, 0) is 5.41 Å². The Morgan fingerprint density at radius 1 is 1.00 bits per heavy atom. The minimum absolute atomic E-state index is 0.0463. The van der Waals surface area contributed by atoms with Crippen molar-refractivity contribution in [2.45, 2.75) is 30.7 Å². The first-order valence-electron chi connectivity index (χ1n) is 11.5. The molecule has 4 nitrogen and oxygen atoms in total. The molecule has 0 aromatic heterocycles. The van der Waals surface area contributed by atoms with E-state index in [0.717, 1.165) is 33.8 Å². The highest BCUT2D eigenvalue weighted by atomic mass is 35.5. The van der Waals surface area contributed by atoms with Crippen molar-refractivity contribution in [1.82, 2.24) is 9.91 Å². The van der Waals surface area contributed by atoms with Crippen LogP contribution < -0.4 is 0 Å². The Hall–Kier alpha value is -3.15. The summed E-state index contributed by atoms with van der Waals surface area (Å²) in [6.07, 6.45) is 6.66. The molecule has 3 aliphatic heterocycles. The predicted molar refractivity (Wildman–Crippen MR) is 140 cm³/mol. The number of hydrogen-bond donors (Lipinski definition) is 0. The average molecular weight is 505 g/mol. The number of piperidine rings is 1. The number of halogens is 3. The third kappa shape index (κ3) is 3.48. The number of benzene rings is 3. The van der Waals surface area contributed by atoms with E-state index >= 15 is 0 Å². The second kappa shape index (κ2) is 8.21. The fraction of sp³-hybridized carbons (Fsp3) is 0.214. The smallest absolute Gasteiger partial charge is 0.130 e. The molecule has 0 amide bonds. The first kappa shape index (κ1) is 22.3. The van der Waals surface area contributed by atoms with Gasteiger partial charge in [-0.05, 0) is 65.6 Å². The fourth-order valence-electron chi connectivity index (χ4n) is 5.82. The second-order valence-electron chi connectivity index (χ2n) is 9.36. The van der Waals surface area contributed by atoms with Gasteiger partial charge in [-0.25, -0.2) is 4.39 Å². The number of amidine groups is 1. The molecule has 0 bridgehead atoms. The summed E-state index contributed by atoms with van der Waals surface area (Å²) in [7, 11) is 1.91. The quantitative estimate of drug-likeness (QED) is 0.365. The van der Waals surface area contributed by atoms with Gasteiger partial charge in [-0.1, -0.05) is 47.5 Å². The lowest BCUT2D eigenvalue weighted by Crippen LogP contribution is -2.55. The molecular formula is C28H23Cl2FN4. The third-order valence-electron chi connectivity index (χ3n) is 7.34. The molecule has 3 atom stereocenters. The zero-order valence-electron chi connectivity index (χ0n) is 19.3. The zero-order chi connectivity index (χ0) is 24.3. The number of rotatable bonds is 2. The zero-order valence-corrected chi connectivity index (χ0v) is 20.8. The molecule has 176 valence electrons. The summed E-state index contributed by atoms with van der Waals surface area (Å²) in [6.45, 7) is 2.02. The van der Waals surface area contributed by atoms with Gasteiger partial charge in [-0.15, -0.1) is 0 Å². The standard InChI is InChI=1S/C28H23Cl2FN4/c1-17-6-8-21(31)14-22(17)27-28(16-32-25-13-20(30)7-9-23(25)28)24(18-4-3-5-19(29)12-18)15-26-33-34(2)10-11-35(26)27/h3-14,16,24,27H,15H2,1-2H3/t24-,27+,28+/m0/s1. The molecule has 1 saturated heterocycles. The predicted octanol–water partition coefficient (Wildman–Crippen LogP) is 7.36. The van der Waals surface area contributed by atoms with E-state index in [9.17, 15) is 4.39 Å². The van der Waals surface area contributed by atoms with Crippen molar-refractivity contribution >= 4 is 40.9 Å². The van der Waals surface area contributed by atoms with E-state index in [-0.39, 0.29) is 17.8 Å². The highest BCUT2D eigenvalue weighted by molar-refractivity contribution is 6.31. The summed E-state index contributed by atoms with van der Waals surface area (Å²) >= 11 is 12.8. The minimum Gasteiger partial charge on any atom is -0.325 e. The third-order valence-corrected chi connectivity index (χ3v) is 7.81. The SMILES string of the molecule is Cc1ccc(F)cc1[C@H]1N2C=CN(C)N=C2C[C@@H](c2cccc(Cl)c2)[C@]12C=Nc1cc(Cl)ccc12. The molecule has 35 heavy (non-hydrogen) atoms. The number of fused-ring (bicyclic) bond motifs is 3. The molecule has 7 heteroatoms. The molecule has 3 aliphatic rings. The largest absolute Gasteiger partial charge is 0.325 e. The minimum atomic E-state index is -0.609. The van der Waals surface area contributed by atoms with Gasteiger partial charge >= 0.3 is 0 Å². The summed E-state index contributed by atoms with van der Waals surface area (Å²) in [5.74, 6) is 0.596. The summed E-state index contributed by atoms with van der Waals surface area (Å²) in [6, 6.07) is 18.6. The lowest BCUT2D eigenvalue weighted by molar-refractivity contribution is 0.217. The Balaban J connectivity index is 1.68. The molecule has 1 fully saturated rings. The van der Waals surface area contributed by atoms with Gasteiger partial charge < -0.3 is 4.90 Å². The summed E-state index contributed by atoms with van der Waals surface area (Å²) in [5, 5.41) is 7.97. The Kier molecular flexibility index (Phi) is 5.24. The Bertz CT molecular complexity index is 1430. The Morgan fingerprint density at radius 3 is 2.66 bits per heavy atom. The van der Waals surface area contributed by atoms with Gasteiger partial charge in [0.2, 0.25) is 0 Å². The highest BCUT2D eigenvalue weighted by Gasteiger charge is 2.57. The van der Waals surface area contributed by atoms with Crippen LogP contribution >= 0.6 is 23.2 Å². The van der Waals surface area contributed by atoms with Crippen molar-refractivity contribution in [3.8, 4) is 0 Å². The van der Waals surface area contributed by atoms with Crippen LogP contribution in [0.25, 0.3) is 0 Å². The van der Waals surface area contributed by atoms with E-state index in [1.165, 1.54) is 6.07 Å². The molecule has 6 rings (SSSR count). The number of nitrogens with zero attached hydrogens (tertiary/aromatic N) is 4. The summed E-state index contributed by atoms with van der Waals surface area (Å²) in [5.41, 5.74) is 4.28. The molecule has 3 aromatic rings. The number of hydrogen-bond acceptors (Lipinski definition) is 4. The van der Waals surface area contributed by atoms with Crippen LogP contribution in [0.1, 0.15) is 40.6 Å². The highest BCUT2D eigenvalue weighted by Crippen LogP contribution is 2.60. The maximum Gasteiger partial charge on any atom is 0.130 e. The molecule has 3 aromatic carbocycles. The summed E-state index contributed by atoms with van der Waals surface area (Å²) in [4.78, 5) is 7.06. The first-order valence-corrected chi connectivity index (χ1v) is 12.3. The van der Waals surface area contributed by atoms with E-state index in [1.807, 2.05) is 74.0 Å². The fourth-order valence-corrected chi connectivity index (χ4v) is 6.19. The van der Waals surface area contributed by atoms with Crippen molar-refractivity contribution in [1.29, 1.82) is 0 Å². The van der Waals surface area contributed by atoms with Crippen LogP contribution in [-0.4, -0.2) is 29.0 Å². The van der Waals surface area contributed by atoms with Gasteiger partial charge in [0, 0.05) is 48.0 Å². The van der Waals surface area contributed by atoms with Gasteiger partial charge in [0.25, 0.3) is 0 Å². The van der Waals surface area contributed by atoms with Crippen molar-refractivity contribution in [3.63, 3.8) is 0 Å². The second-order valence-corrected chi connectivity index (χ2v) is 10.2. The number of aliphatic imine (C=N–C) groups is 1. The number of hydrazone groups is 1. The molecule has 0 aliphatic carbocycles. The van der Waals surface area contributed by atoms with Gasteiger partial charge in [0.05, 0.1) is 17.1 Å². The molecule has 1 spiro atoms. The van der Waals surface area contributed by atoms with Crippen LogP contribution in [0.3, 0.4) is 0 Å². The molecule has 0 N–H and O–H groups in total. The van der Waals surface area contributed by atoms with Crippen LogP contribution in [0, 0.1) is 12.7 Å². The maximum absolute atomic E-state index is 14.7. The van der Waals surface area contributed by atoms with E-state index in [4.69, 9.17) is 33.3 Å². The molecule has 0 saturated carbocycles. The molecular weight excluding hydrogens is 482 g/mol. The normalized spacial score (nSPS) is 24.5.